The molecule has 0 saturated carbocycles. The summed E-state index contributed by atoms with van der Waals surface area (Å²) in [7, 11) is 1.57. The van der Waals surface area contributed by atoms with Gasteiger partial charge in [0.1, 0.15) is 11.3 Å². The van der Waals surface area contributed by atoms with Crippen molar-refractivity contribution in [1.29, 1.82) is 0 Å². The summed E-state index contributed by atoms with van der Waals surface area (Å²) in [4.78, 5) is 13.1. The first kappa shape index (κ1) is 9.58. The first-order valence-electron chi connectivity index (χ1n) is 5.72. The van der Waals surface area contributed by atoms with Crippen LogP contribution in [-0.4, -0.2) is 26.6 Å². The summed E-state index contributed by atoms with van der Waals surface area (Å²) >= 11 is 0. The van der Waals surface area contributed by atoms with Crippen LogP contribution in [0.4, 0.5) is 0 Å². The molecule has 0 fully saturated rings. The highest BCUT2D eigenvalue weighted by atomic mass is 16.5. The first-order valence-corrected chi connectivity index (χ1v) is 5.72. The Hall–Kier alpha value is -2.43. The van der Waals surface area contributed by atoms with Gasteiger partial charge in [-0.05, 0) is 5.56 Å². The molecule has 3 heterocycles. The molecule has 0 saturated heterocycles. The molecule has 0 amide bonds. The maximum absolute atomic E-state index is 5.07. The van der Waals surface area contributed by atoms with Crippen LogP contribution in [0.3, 0.4) is 0 Å². The molecular weight excluding hydrogens is 228 g/mol. The molecule has 0 radical (unpaired) electrons. The van der Waals surface area contributed by atoms with Crippen LogP contribution >= 0.6 is 0 Å². The molecule has 0 bridgehead atoms. The van der Waals surface area contributed by atoms with E-state index in [2.05, 4.69) is 31.7 Å². The first-order chi connectivity index (χ1) is 8.86. The Balaban J connectivity index is 2.02. The lowest BCUT2D eigenvalue weighted by atomic mass is 10.1. The molecule has 2 aromatic heterocycles. The third-order valence-electron chi connectivity index (χ3n) is 3.23. The third kappa shape index (κ3) is 1.13. The van der Waals surface area contributed by atoms with E-state index in [4.69, 9.17) is 4.74 Å². The zero-order valence-electron chi connectivity index (χ0n) is 9.79. The summed E-state index contributed by atoms with van der Waals surface area (Å²) in [5.74, 6) is 0.961. The Labute approximate surface area is 103 Å². The minimum atomic E-state index is 0.376. The van der Waals surface area contributed by atoms with Gasteiger partial charge in [-0.3, -0.25) is 0 Å². The predicted molar refractivity (Wildman–Crippen MR) is 66.4 cm³/mol. The van der Waals surface area contributed by atoms with Crippen molar-refractivity contribution < 1.29 is 4.74 Å². The molecule has 0 spiro atoms. The highest BCUT2D eigenvalue weighted by Crippen LogP contribution is 2.33. The molecule has 0 N–H and O–H groups in total. The Kier molecular flexibility index (Phi) is 1.75. The molecule has 18 heavy (non-hydrogen) atoms. The average molecular weight is 238 g/mol. The minimum absolute atomic E-state index is 0.376. The van der Waals surface area contributed by atoms with E-state index in [1.807, 2.05) is 12.1 Å². The van der Waals surface area contributed by atoms with Crippen LogP contribution in [-0.2, 0) is 6.54 Å². The van der Waals surface area contributed by atoms with Crippen LogP contribution in [0.2, 0.25) is 0 Å². The van der Waals surface area contributed by atoms with E-state index in [0.717, 1.165) is 23.5 Å². The number of benzene rings is 1. The Morgan fingerprint density at radius 3 is 3.00 bits per heavy atom. The van der Waals surface area contributed by atoms with Crippen molar-refractivity contribution in [2.24, 2.45) is 0 Å². The van der Waals surface area contributed by atoms with Gasteiger partial charge >= 0.3 is 6.01 Å². The van der Waals surface area contributed by atoms with Crippen molar-refractivity contribution in [3.05, 3.63) is 36.0 Å². The summed E-state index contributed by atoms with van der Waals surface area (Å²) in [6, 6.07) is 8.66. The van der Waals surface area contributed by atoms with E-state index >= 15 is 0 Å². The predicted octanol–water partition coefficient (Wildman–Crippen LogP) is 1.86. The molecule has 0 aliphatic carbocycles. The summed E-state index contributed by atoms with van der Waals surface area (Å²) in [5.41, 5.74) is 4.09. The molecular formula is C13H10N4O. The monoisotopic (exact) mass is 238 g/mol. The van der Waals surface area contributed by atoms with E-state index < -0.39 is 0 Å². The quantitative estimate of drug-likeness (QED) is 0.508. The summed E-state index contributed by atoms with van der Waals surface area (Å²) in [5, 5.41) is 0. The lowest BCUT2D eigenvalue weighted by Gasteiger charge is -2.00. The largest absolute Gasteiger partial charge is 0.467 e. The van der Waals surface area contributed by atoms with Gasteiger partial charge in [-0.1, -0.05) is 24.3 Å². The zero-order valence-corrected chi connectivity index (χ0v) is 9.79. The van der Waals surface area contributed by atoms with Crippen molar-refractivity contribution in [1.82, 2.24) is 19.5 Å². The number of aromatic nitrogens is 4. The van der Waals surface area contributed by atoms with Crippen LogP contribution in [0.5, 0.6) is 6.01 Å². The third-order valence-corrected chi connectivity index (χ3v) is 3.23. The maximum atomic E-state index is 5.07. The molecule has 1 aliphatic rings. The molecule has 1 aromatic carbocycles. The van der Waals surface area contributed by atoms with Gasteiger partial charge in [0.05, 0.1) is 19.9 Å². The number of rotatable bonds is 1. The summed E-state index contributed by atoms with van der Waals surface area (Å²) < 4.78 is 7.17. The van der Waals surface area contributed by atoms with Crippen molar-refractivity contribution in [2.45, 2.75) is 6.54 Å². The van der Waals surface area contributed by atoms with Gasteiger partial charge in [-0.2, -0.15) is 4.98 Å². The summed E-state index contributed by atoms with van der Waals surface area (Å²) in [6.07, 6.45) is 1.70. The fourth-order valence-corrected chi connectivity index (χ4v) is 2.40. The molecule has 4 rings (SSSR count). The SMILES string of the molecule is COc1ncc2nc3n(c2n1)Cc1ccccc1-3. The smallest absolute Gasteiger partial charge is 0.318 e. The molecule has 5 heteroatoms. The van der Waals surface area contributed by atoms with Gasteiger partial charge in [0.15, 0.2) is 5.65 Å². The molecule has 0 unspecified atom stereocenters. The summed E-state index contributed by atoms with van der Waals surface area (Å²) in [6.45, 7) is 0.808. The lowest BCUT2D eigenvalue weighted by molar-refractivity contribution is 0.381. The highest BCUT2D eigenvalue weighted by Gasteiger charge is 2.23. The number of fused-ring (bicyclic) bond motifs is 5. The van der Waals surface area contributed by atoms with E-state index in [-0.39, 0.29) is 0 Å². The lowest BCUT2D eigenvalue weighted by Crippen LogP contribution is -1.97. The van der Waals surface area contributed by atoms with E-state index in [9.17, 15) is 0 Å². The fourth-order valence-electron chi connectivity index (χ4n) is 2.40. The maximum Gasteiger partial charge on any atom is 0.318 e. The zero-order chi connectivity index (χ0) is 12.1. The normalized spacial score (nSPS) is 12.5. The van der Waals surface area contributed by atoms with E-state index in [1.165, 1.54) is 11.1 Å². The van der Waals surface area contributed by atoms with Crippen LogP contribution in [0.25, 0.3) is 22.6 Å². The second kappa shape index (κ2) is 3.29. The number of hydrogen-bond acceptors (Lipinski definition) is 4. The van der Waals surface area contributed by atoms with Gasteiger partial charge in [0.25, 0.3) is 0 Å². The van der Waals surface area contributed by atoms with Crippen LogP contribution in [0.1, 0.15) is 5.56 Å². The number of imidazole rings is 1. The van der Waals surface area contributed by atoms with E-state index in [0.29, 0.717) is 6.01 Å². The number of hydrogen-bond donors (Lipinski definition) is 0. The second-order valence-corrected chi connectivity index (χ2v) is 4.24. The highest BCUT2D eigenvalue weighted by molar-refractivity contribution is 5.80. The van der Waals surface area contributed by atoms with Crippen molar-refractivity contribution in [2.75, 3.05) is 7.11 Å². The van der Waals surface area contributed by atoms with Crippen LogP contribution in [0.15, 0.2) is 30.5 Å². The molecule has 0 atom stereocenters. The Morgan fingerprint density at radius 2 is 2.11 bits per heavy atom. The van der Waals surface area contributed by atoms with Gasteiger partial charge in [0.2, 0.25) is 0 Å². The number of methoxy groups -OCH3 is 1. The van der Waals surface area contributed by atoms with Gasteiger partial charge in [-0.25, -0.2) is 9.97 Å². The second-order valence-electron chi connectivity index (χ2n) is 4.24. The Bertz CT molecular complexity index is 763. The van der Waals surface area contributed by atoms with Gasteiger partial charge in [0, 0.05) is 5.56 Å². The molecule has 1 aliphatic heterocycles. The van der Waals surface area contributed by atoms with Crippen molar-refractivity contribution in [3.8, 4) is 17.4 Å². The van der Waals surface area contributed by atoms with Crippen LogP contribution < -0.4 is 4.74 Å². The number of ether oxygens (including phenoxy) is 1. The Morgan fingerprint density at radius 1 is 1.22 bits per heavy atom. The van der Waals surface area contributed by atoms with Crippen molar-refractivity contribution >= 4 is 11.2 Å². The van der Waals surface area contributed by atoms with Gasteiger partial charge in [-0.15, -0.1) is 0 Å². The van der Waals surface area contributed by atoms with Crippen molar-refractivity contribution in [3.63, 3.8) is 0 Å². The fraction of sp³-hybridized carbons (Fsp3) is 0.154. The topological polar surface area (TPSA) is 52.8 Å². The van der Waals surface area contributed by atoms with E-state index in [1.54, 1.807) is 13.3 Å². The van der Waals surface area contributed by atoms with Crippen LogP contribution in [0, 0.1) is 0 Å². The van der Waals surface area contributed by atoms with Gasteiger partial charge < -0.3 is 9.30 Å². The minimum Gasteiger partial charge on any atom is -0.467 e. The molecule has 3 aromatic rings. The number of nitrogens with zero attached hydrogens (tertiary/aromatic N) is 4. The molecule has 5 nitrogen and oxygen atoms in total. The average Bonchev–Trinajstić information content (AvgIpc) is 2.94. The molecule has 88 valence electrons. The standard InChI is InChI=1S/C13H10N4O/c1-18-13-14-6-10-12(16-13)17-7-8-4-2-3-5-9(8)11(17)15-10/h2-6H,7H2,1H3.